The van der Waals surface area contributed by atoms with Gasteiger partial charge in [0.15, 0.2) is 11.5 Å². The molecule has 28 heavy (non-hydrogen) atoms. The van der Waals surface area contributed by atoms with Gasteiger partial charge < -0.3 is 15.2 Å². The minimum Gasteiger partial charge on any atom is -0.493 e. The summed E-state index contributed by atoms with van der Waals surface area (Å²) < 4.78 is 11.1. The second kappa shape index (κ2) is 8.79. The highest BCUT2D eigenvalue weighted by atomic mass is 16.5. The van der Waals surface area contributed by atoms with Gasteiger partial charge in [0.2, 0.25) is 5.91 Å². The van der Waals surface area contributed by atoms with Crippen LogP contribution in [0.25, 0.3) is 0 Å². The molecule has 0 heterocycles. The average Bonchev–Trinajstić information content (AvgIpc) is 2.73. The second-order valence-corrected chi connectivity index (χ2v) is 6.16. The Morgan fingerprint density at radius 2 is 1.57 bits per heavy atom. The Morgan fingerprint density at radius 1 is 0.929 bits per heavy atom. The Bertz CT molecular complexity index is 1030. The molecule has 1 amide bonds. The maximum absolute atomic E-state index is 12.2. The van der Waals surface area contributed by atoms with Crippen molar-refractivity contribution in [1.29, 1.82) is 0 Å². The van der Waals surface area contributed by atoms with E-state index in [0.717, 1.165) is 16.7 Å². The van der Waals surface area contributed by atoms with Gasteiger partial charge in [0.25, 0.3) is 0 Å². The fraction of sp³-hybridized carbons (Fsp3) is 0.125. The fourth-order valence-electron chi connectivity index (χ4n) is 3.03. The number of ether oxygens (including phenoxy) is 2. The van der Waals surface area contributed by atoms with Gasteiger partial charge in [0.05, 0.1) is 19.8 Å². The van der Waals surface area contributed by atoms with Crippen molar-refractivity contribution in [2.45, 2.75) is 6.42 Å². The summed E-state index contributed by atoms with van der Waals surface area (Å²) in [6, 6.07) is 21.1. The van der Waals surface area contributed by atoms with E-state index in [1.165, 1.54) is 7.11 Å². The summed E-state index contributed by atoms with van der Waals surface area (Å²) in [6.45, 7) is 0. The Hall–Kier alpha value is -3.71. The van der Waals surface area contributed by atoms with Crippen LogP contribution in [0.3, 0.4) is 0 Å². The number of hydrogen-bond acceptors (Lipinski definition) is 3. The molecule has 3 rings (SSSR count). The van der Waals surface area contributed by atoms with Gasteiger partial charge >= 0.3 is 0 Å². The molecule has 4 heteroatoms. The third-order valence-corrected chi connectivity index (χ3v) is 4.36. The summed E-state index contributed by atoms with van der Waals surface area (Å²) in [5.41, 5.74) is 9.20. The zero-order valence-corrected chi connectivity index (χ0v) is 15.9. The minimum atomic E-state index is -0.562. The highest BCUT2D eigenvalue weighted by molar-refractivity contribution is 5.97. The van der Waals surface area contributed by atoms with Gasteiger partial charge in [-0.2, -0.15) is 0 Å². The van der Waals surface area contributed by atoms with Crippen molar-refractivity contribution >= 4 is 5.91 Å². The number of methoxy groups -OCH3 is 2. The highest BCUT2D eigenvalue weighted by Gasteiger charge is 2.21. The molecule has 0 unspecified atom stereocenters. The van der Waals surface area contributed by atoms with Crippen molar-refractivity contribution in [2.24, 2.45) is 5.73 Å². The predicted octanol–water partition coefficient (Wildman–Crippen LogP) is 3.79. The van der Waals surface area contributed by atoms with E-state index in [0.29, 0.717) is 29.0 Å². The van der Waals surface area contributed by atoms with Gasteiger partial charge in [-0.05, 0) is 23.8 Å². The second-order valence-electron chi connectivity index (χ2n) is 6.16. The van der Waals surface area contributed by atoms with Crippen LogP contribution in [-0.2, 0) is 6.42 Å². The van der Waals surface area contributed by atoms with Crippen LogP contribution < -0.4 is 15.2 Å². The summed E-state index contributed by atoms with van der Waals surface area (Å²) in [7, 11) is 3.11. The van der Waals surface area contributed by atoms with Gasteiger partial charge in [-0.15, -0.1) is 0 Å². The number of carbonyl (C=O) groups is 1. The molecule has 0 aliphatic heterocycles. The molecule has 0 aromatic heterocycles. The lowest BCUT2D eigenvalue weighted by atomic mass is 9.93. The molecule has 0 fully saturated rings. The van der Waals surface area contributed by atoms with E-state index in [1.54, 1.807) is 13.2 Å². The van der Waals surface area contributed by atoms with Crippen LogP contribution in [0.2, 0.25) is 0 Å². The third kappa shape index (κ3) is 4.16. The first-order chi connectivity index (χ1) is 13.6. The first-order valence-electron chi connectivity index (χ1n) is 8.82. The fourth-order valence-corrected chi connectivity index (χ4v) is 3.03. The SMILES string of the molecule is COc1cc(C(N)=O)c(C#Cc2ccccc2)c(Cc2ccccc2)c1OC. The van der Waals surface area contributed by atoms with Crippen LogP contribution in [0.15, 0.2) is 66.7 Å². The van der Waals surface area contributed by atoms with E-state index in [-0.39, 0.29) is 0 Å². The molecule has 0 aliphatic rings. The van der Waals surface area contributed by atoms with Gasteiger partial charge in [0, 0.05) is 23.1 Å². The van der Waals surface area contributed by atoms with Gasteiger partial charge in [0.1, 0.15) is 0 Å². The number of primary amides is 1. The highest BCUT2D eigenvalue weighted by Crippen LogP contribution is 2.37. The van der Waals surface area contributed by atoms with Crippen molar-refractivity contribution in [1.82, 2.24) is 0 Å². The maximum atomic E-state index is 12.2. The minimum absolute atomic E-state index is 0.312. The lowest BCUT2D eigenvalue weighted by molar-refractivity contribution is 0.0999. The molecule has 0 spiro atoms. The molecule has 0 bridgehead atoms. The van der Waals surface area contributed by atoms with Crippen molar-refractivity contribution in [3.05, 3.63) is 94.5 Å². The molecule has 4 nitrogen and oxygen atoms in total. The van der Waals surface area contributed by atoms with E-state index in [9.17, 15) is 4.79 Å². The van der Waals surface area contributed by atoms with E-state index in [2.05, 4.69) is 11.8 Å². The lowest BCUT2D eigenvalue weighted by Gasteiger charge is -2.17. The zero-order chi connectivity index (χ0) is 19.9. The average molecular weight is 371 g/mol. The Balaban J connectivity index is 2.24. The van der Waals surface area contributed by atoms with E-state index in [4.69, 9.17) is 15.2 Å². The molecule has 0 saturated heterocycles. The smallest absolute Gasteiger partial charge is 0.250 e. The van der Waals surface area contributed by atoms with Crippen LogP contribution >= 0.6 is 0 Å². The largest absolute Gasteiger partial charge is 0.493 e. The van der Waals surface area contributed by atoms with Crippen LogP contribution in [0.5, 0.6) is 11.5 Å². The molecule has 3 aromatic carbocycles. The van der Waals surface area contributed by atoms with E-state index < -0.39 is 5.91 Å². The number of amides is 1. The molecule has 0 saturated carbocycles. The van der Waals surface area contributed by atoms with Crippen LogP contribution in [0, 0.1) is 11.8 Å². The Labute approximate surface area is 164 Å². The Morgan fingerprint density at radius 3 is 2.14 bits per heavy atom. The number of benzene rings is 3. The number of rotatable bonds is 5. The summed E-state index contributed by atoms with van der Waals surface area (Å²) in [5, 5.41) is 0. The summed E-state index contributed by atoms with van der Waals surface area (Å²) in [6.07, 6.45) is 0.528. The van der Waals surface area contributed by atoms with Crippen molar-refractivity contribution in [3.8, 4) is 23.3 Å². The number of nitrogens with two attached hydrogens (primary N) is 1. The molecule has 0 atom stereocenters. The van der Waals surface area contributed by atoms with Crippen LogP contribution in [0.1, 0.15) is 32.6 Å². The first kappa shape index (κ1) is 19.1. The van der Waals surface area contributed by atoms with E-state index in [1.807, 2.05) is 60.7 Å². The van der Waals surface area contributed by atoms with Crippen LogP contribution in [0.4, 0.5) is 0 Å². The van der Waals surface area contributed by atoms with E-state index >= 15 is 0 Å². The van der Waals surface area contributed by atoms with Crippen molar-refractivity contribution in [2.75, 3.05) is 14.2 Å². The molecule has 2 N–H and O–H groups in total. The maximum Gasteiger partial charge on any atom is 0.250 e. The van der Waals surface area contributed by atoms with Crippen LogP contribution in [-0.4, -0.2) is 20.1 Å². The number of carbonyl (C=O) groups excluding carboxylic acids is 1. The topological polar surface area (TPSA) is 61.5 Å². The molecule has 3 aromatic rings. The van der Waals surface area contributed by atoms with Gasteiger partial charge in [-0.25, -0.2) is 0 Å². The monoisotopic (exact) mass is 371 g/mol. The molecule has 140 valence electrons. The van der Waals surface area contributed by atoms with Crippen molar-refractivity contribution < 1.29 is 14.3 Å². The Kier molecular flexibility index (Phi) is 5.98. The molecular weight excluding hydrogens is 350 g/mol. The first-order valence-corrected chi connectivity index (χ1v) is 8.82. The summed E-state index contributed by atoms with van der Waals surface area (Å²) in [4.78, 5) is 12.2. The summed E-state index contributed by atoms with van der Waals surface area (Å²) in [5.74, 6) is 6.70. The van der Waals surface area contributed by atoms with Gasteiger partial charge in [-0.1, -0.05) is 60.4 Å². The standard InChI is InChI=1S/C24H21NO3/c1-27-22-16-21(24(25)26)19(14-13-17-9-5-3-6-10-17)20(23(22)28-2)15-18-11-7-4-8-12-18/h3-12,16H,15H2,1-2H3,(H2,25,26). The lowest BCUT2D eigenvalue weighted by Crippen LogP contribution is -2.15. The van der Waals surface area contributed by atoms with Crippen molar-refractivity contribution in [3.63, 3.8) is 0 Å². The molecule has 0 aliphatic carbocycles. The predicted molar refractivity (Wildman–Crippen MR) is 110 cm³/mol. The van der Waals surface area contributed by atoms with Gasteiger partial charge in [-0.3, -0.25) is 4.79 Å². The third-order valence-electron chi connectivity index (χ3n) is 4.36. The quantitative estimate of drug-likeness (QED) is 0.694. The number of hydrogen-bond donors (Lipinski definition) is 1. The normalized spacial score (nSPS) is 9.93. The molecular formula is C24H21NO3. The summed E-state index contributed by atoms with van der Waals surface area (Å²) >= 11 is 0. The molecule has 0 radical (unpaired) electrons. The zero-order valence-electron chi connectivity index (χ0n) is 15.9.